The number of nitrogens with zero attached hydrogens (tertiary/aromatic N) is 3. The standard InChI is InChI=1S/C25H34N4O3S/c30-25(22-9-7-16-29(21-22)33(31,32)24-12-5-2-6-13-24)26-14-8-15-27-17-19-28(20-18-27)23-10-3-1-4-11-23/h1-6,10-13,22H,7-9,14-21H2,(H,26,30). The van der Waals surface area contributed by atoms with Gasteiger partial charge in [-0.15, -0.1) is 0 Å². The first-order chi connectivity index (χ1) is 16.0. The van der Waals surface area contributed by atoms with E-state index in [1.165, 1.54) is 9.99 Å². The van der Waals surface area contributed by atoms with Crippen molar-refractivity contribution in [3.8, 4) is 0 Å². The molecule has 178 valence electrons. The summed E-state index contributed by atoms with van der Waals surface area (Å²) in [7, 11) is -3.55. The van der Waals surface area contributed by atoms with Gasteiger partial charge in [-0.2, -0.15) is 4.31 Å². The van der Waals surface area contributed by atoms with E-state index in [4.69, 9.17) is 0 Å². The third kappa shape index (κ3) is 6.13. The van der Waals surface area contributed by atoms with Gasteiger partial charge in [0.05, 0.1) is 10.8 Å². The minimum atomic E-state index is -3.55. The number of para-hydroxylation sites is 1. The third-order valence-electron chi connectivity index (χ3n) is 6.58. The SMILES string of the molecule is O=C(NCCCN1CCN(c2ccccc2)CC1)C1CCCN(S(=O)(=O)c2ccccc2)C1. The van der Waals surface area contributed by atoms with Gasteiger partial charge in [-0.25, -0.2) is 8.42 Å². The highest BCUT2D eigenvalue weighted by Gasteiger charge is 2.33. The summed E-state index contributed by atoms with van der Waals surface area (Å²) in [6.07, 6.45) is 2.33. The zero-order valence-electron chi connectivity index (χ0n) is 19.1. The van der Waals surface area contributed by atoms with Crippen LogP contribution in [0.4, 0.5) is 5.69 Å². The molecular formula is C25H34N4O3S. The van der Waals surface area contributed by atoms with Crippen LogP contribution in [0.3, 0.4) is 0 Å². The van der Waals surface area contributed by atoms with E-state index in [9.17, 15) is 13.2 Å². The van der Waals surface area contributed by atoms with Gasteiger partial charge in [0.25, 0.3) is 0 Å². The maximum absolute atomic E-state index is 12.9. The molecular weight excluding hydrogens is 436 g/mol. The van der Waals surface area contributed by atoms with E-state index in [1.54, 1.807) is 30.3 Å². The molecule has 7 nitrogen and oxygen atoms in total. The summed E-state index contributed by atoms with van der Waals surface area (Å²) in [6, 6.07) is 19.0. The van der Waals surface area contributed by atoms with Crippen molar-refractivity contribution in [1.29, 1.82) is 0 Å². The number of rotatable bonds is 8. The van der Waals surface area contributed by atoms with Gasteiger partial charge in [0.2, 0.25) is 15.9 Å². The van der Waals surface area contributed by atoms with Gasteiger partial charge >= 0.3 is 0 Å². The second-order valence-electron chi connectivity index (χ2n) is 8.82. The molecule has 0 aliphatic carbocycles. The van der Waals surface area contributed by atoms with Gasteiger partial charge in [0.15, 0.2) is 0 Å². The van der Waals surface area contributed by atoms with E-state index >= 15 is 0 Å². The Labute approximate surface area is 197 Å². The predicted octanol–water partition coefficient (Wildman–Crippen LogP) is 2.42. The Bertz CT molecular complexity index is 993. The van der Waals surface area contributed by atoms with Crippen molar-refractivity contribution in [2.75, 3.05) is 57.3 Å². The normalized spacial score (nSPS) is 20.5. The zero-order valence-corrected chi connectivity index (χ0v) is 19.9. The molecule has 2 aromatic carbocycles. The number of carbonyl (C=O) groups excluding carboxylic acids is 1. The molecule has 2 aliphatic rings. The van der Waals surface area contributed by atoms with Crippen LogP contribution in [0.25, 0.3) is 0 Å². The van der Waals surface area contributed by atoms with E-state index in [2.05, 4.69) is 39.4 Å². The monoisotopic (exact) mass is 470 g/mol. The molecule has 2 fully saturated rings. The lowest BCUT2D eigenvalue weighted by molar-refractivity contribution is -0.126. The van der Waals surface area contributed by atoms with Crippen LogP contribution in [-0.2, 0) is 14.8 Å². The smallest absolute Gasteiger partial charge is 0.243 e. The average molecular weight is 471 g/mol. The van der Waals surface area contributed by atoms with Gasteiger partial charge in [-0.3, -0.25) is 9.69 Å². The van der Waals surface area contributed by atoms with Gasteiger partial charge < -0.3 is 10.2 Å². The van der Waals surface area contributed by atoms with Gasteiger partial charge in [-0.05, 0) is 50.1 Å². The maximum Gasteiger partial charge on any atom is 0.243 e. The van der Waals surface area contributed by atoms with Crippen LogP contribution in [0.1, 0.15) is 19.3 Å². The number of sulfonamides is 1. The third-order valence-corrected chi connectivity index (χ3v) is 8.46. The van der Waals surface area contributed by atoms with Crippen molar-refractivity contribution in [2.45, 2.75) is 24.2 Å². The fourth-order valence-corrected chi connectivity index (χ4v) is 6.19. The highest BCUT2D eigenvalue weighted by Crippen LogP contribution is 2.24. The second kappa shape index (κ2) is 11.1. The summed E-state index contributed by atoms with van der Waals surface area (Å²) < 4.78 is 27.2. The molecule has 0 aromatic heterocycles. The molecule has 2 heterocycles. The summed E-state index contributed by atoms with van der Waals surface area (Å²) in [6.45, 7) is 6.39. The number of hydrogen-bond donors (Lipinski definition) is 1. The number of amides is 1. The summed E-state index contributed by atoms with van der Waals surface area (Å²) >= 11 is 0. The molecule has 2 saturated heterocycles. The highest BCUT2D eigenvalue weighted by atomic mass is 32.2. The Morgan fingerprint density at radius 3 is 2.27 bits per heavy atom. The first kappa shape index (κ1) is 23.7. The number of carbonyl (C=O) groups is 1. The molecule has 4 rings (SSSR count). The maximum atomic E-state index is 12.9. The zero-order chi connectivity index (χ0) is 23.1. The second-order valence-corrected chi connectivity index (χ2v) is 10.8. The van der Waals surface area contributed by atoms with E-state index in [0.717, 1.165) is 45.6 Å². The van der Waals surface area contributed by atoms with Crippen LogP contribution in [0.2, 0.25) is 0 Å². The van der Waals surface area contributed by atoms with Crippen LogP contribution in [0.5, 0.6) is 0 Å². The Morgan fingerprint density at radius 2 is 1.58 bits per heavy atom. The number of nitrogens with one attached hydrogen (secondary N) is 1. The van der Waals surface area contributed by atoms with Crippen molar-refractivity contribution in [3.63, 3.8) is 0 Å². The number of piperidine rings is 1. The van der Waals surface area contributed by atoms with E-state index in [1.807, 2.05) is 6.07 Å². The molecule has 1 atom stereocenters. The van der Waals surface area contributed by atoms with Crippen molar-refractivity contribution in [2.24, 2.45) is 5.92 Å². The Kier molecular flexibility index (Phi) is 8.01. The Morgan fingerprint density at radius 1 is 0.909 bits per heavy atom. The molecule has 0 bridgehead atoms. The van der Waals surface area contributed by atoms with E-state index in [0.29, 0.717) is 24.4 Å². The first-order valence-corrected chi connectivity index (χ1v) is 13.3. The molecule has 0 spiro atoms. The molecule has 33 heavy (non-hydrogen) atoms. The Balaban J connectivity index is 1.17. The summed E-state index contributed by atoms with van der Waals surface area (Å²) in [5.41, 5.74) is 1.28. The van der Waals surface area contributed by atoms with Crippen LogP contribution in [0, 0.1) is 5.92 Å². The molecule has 2 aromatic rings. The molecule has 1 amide bonds. The minimum absolute atomic E-state index is 0.0307. The Hall–Kier alpha value is -2.42. The van der Waals surface area contributed by atoms with Crippen molar-refractivity contribution in [1.82, 2.24) is 14.5 Å². The van der Waals surface area contributed by atoms with Gasteiger partial charge in [0.1, 0.15) is 0 Å². The fraction of sp³-hybridized carbons (Fsp3) is 0.480. The topological polar surface area (TPSA) is 73.0 Å². The van der Waals surface area contributed by atoms with Crippen molar-refractivity contribution >= 4 is 21.6 Å². The van der Waals surface area contributed by atoms with E-state index < -0.39 is 10.0 Å². The van der Waals surface area contributed by atoms with E-state index in [-0.39, 0.29) is 18.4 Å². The molecule has 0 radical (unpaired) electrons. The van der Waals surface area contributed by atoms with Crippen molar-refractivity contribution < 1.29 is 13.2 Å². The highest BCUT2D eigenvalue weighted by molar-refractivity contribution is 7.89. The molecule has 1 N–H and O–H groups in total. The average Bonchev–Trinajstić information content (AvgIpc) is 2.88. The van der Waals surface area contributed by atoms with Crippen LogP contribution >= 0.6 is 0 Å². The number of piperazine rings is 1. The quantitative estimate of drug-likeness (QED) is 0.600. The van der Waals surface area contributed by atoms with Crippen molar-refractivity contribution in [3.05, 3.63) is 60.7 Å². The molecule has 1 unspecified atom stereocenters. The van der Waals surface area contributed by atoms with Gasteiger partial charge in [0, 0.05) is 51.5 Å². The first-order valence-electron chi connectivity index (χ1n) is 11.9. The predicted molar refractivity (Wildman–Crippen MR) is 131 cm³/mol. The summed E-state index contributed by atoms with van der Waals surface area (Å²) in [4.78, 5) is 17.9. The fourth-order valence-electron chi connectivity index (χ4n) is 4.64. The van der Waals surface area contributed by atoms with Gasteiger partial charge in [-0.1, -0.05) is 36.4 Å². The lowest BCUT2D eigenvalue weighted by Gasteiger charge is -2.36. The molecule has 8 heteroatoms. The summed E-state index contributed by atoms with van der Waals surface area (Å²) in [5, 5.41) is 3.04. The number of benzene rings is 2. The molecule has 0 saturated carbocycles. The lowest BCUT2D eigenvalue weighted by Crippen LogP contribution is -2.47. The lowest BCUT2D eigenvalue weighted by atomic mass is 9.99. The number of hydrogen-bond acceptors (Lipinski definition) is 5. The minimum Gasteiger partial charge on any atom is -0.369 e. The molecule has 2 aliphatic heterocycles. The van der Waals surface area contributed by atoms with Crippen LogP contribution < -0.4 is 10.2 Å². The summed E-state index contributed by atoms with van der Waals surface area (Å²) in [5.74, 6) is -0.316. The van der Waals surface area contributed by atoms with Crippen LogP contribution in [0.15, 0.2) is 65.6 Å². The van der Waals surface area contributed by atoms with Crippen LogP contribution in [-0.4, -0.2) is 75.9 Å². The number of anilines is 1. The largest absolute Gasteiger partial charge is 0.369 e.